The Morgan fingerprint density at radius 1 is 1.04 bits per heavy atom. The Kier molecular flexibility index (Phi) is 6.43. The zero-order valence-electron chi connectivity index (χ0n) is 14.8. The van der Waals surface area contributed by atoms with Crippen LogP contribution in [0.3, 0.4) is 0 Å². The summed E-state index contributed by atoms with van der Waals surface area (Å²) in [4.78, 5) is 24.2. The predicted molar refractivity (Wildman–Crippen MR) is 95.5 cm³/mol. The van der Waals surface area contributed by atoms with E-state index in [1.807, 2.05) is 0 Å². The number of hydrogen-bond acceptors (Lipinski definition) is 6. The van der Waals surface area contributed by atoms with E-state index >= 15 is 0 Å². The molecule has 0 spiro atoms. The van der Waals surface area contributed by atoms with Crippen LogP contribution in [0.5, 0.6) is 17.2 Å². The van der Waals surface area contributed by atoms with Gasteiger partial charge in [-0.25, -0.2) is 0 Å². The normalized spacial score (nSPS) is 11.3. The van der Waals surface area contributed by atoms with Crippen molar-refractivity contribution in [2.45, 2.75) is 19.4 Å². The van der Waals surface area contributed by atoms with Crippen LogP contribution in [0, 0.1) is 0 Å². The van der Waals surface area contributed by atoms with Crippen molar-refractivity contribution in [2.24, 2.45) is 0 Å². The average molecular weight is 359 g/mol. The number of carbonyl (C=O) groups excluding carboxylic acids is 2. The summed E-state index contributed by atoms with van der Waals surface area (Å²) in [5.74, 6) is 0.132. The number of amides is 1. The highest BCUT2D eigenvalue weighted by atomic mass is 16.5. The van der Waals surface area contributed by atoms with Crippen molar-refractivity contribution in [1.29, 1.82) is 0 Å². The maximum absolute atomic E-state index is 12.2. The fourth-order valence-corrected chi connectivity index (χ4v) is 2.23. The molecule has 0 saturated heterocycles. The monoisotopic (exact) mass is 359 g/mol. The highest BCUT2D eigenvalue weighted by Crippen LogP contribution is 2.29. The molecule has 7 nitrogen and oxygen atoms in total. The molecule has 26 heavy (non-hydrogen) atoms. The third kappa shape index (κ3) is 5.14. The summed E-state index contributed by atoms with van der Waals surface area (Å²) in [6.07, 6.45) is -0.957. The van der Waals surface area contributed by atoms with Crippen molar-refractivity contribution in [3.05, 3.63) is 48.0 Å². The summed E-state index contributed by atoms with van der Waals surface area (Å²) in [5, 5.41) is 11.9. The van der Waals surface area contributed by atoms with Gasteiger partial charge in [-0.15, -0.1) is 0 Å². The molecule has 138 valence electrons. The second kappa shape index (κ2) is 8.75. The molecule has 2 rings (SSSR count). The quantitative estimate of drug-likeness (QED) is 0.738. The van der Waals surface area contributed by atoms with E-state index in [1.54, 1.807) is 30.3 Å². The number of esters is 1. The number of methoxy groups -OCH3 is 2. The molecule has 2 aromatic carbocycles. The smallest absolute Gasteiger partial charge is 0.311 e. The van der Waals surface area contributed by atoms with Gasteiger partial charge in [-0.3, -0.25) is 9.59 Å². The lowest BCUT2D eigenvalue weighted by Gasteiger charge is -2.15. The van der Waals surface area contributed by atoms with Gasteiger partial charge in [0.05, 0.1) is 20.6 Å². The van der Waals surface area contributed by atoms with Crippen LogP contribution < -0.4 is 14.8 Å². The lowest BCUT2D eigenvalue weighted by molar-refractivity contribution is -0.152. The van der Waals surface area contributed by atoms with Gasteiger partial charge in [-0.05, 0) is 36.8 Å². The van der Waals surface area contributed by atoms with E-state index in [0.717, 1.165) is 0 Å². The molecule has 1 amide bonds. The number of aromatic hydroxyl groups is 1. The Hall–Kier alpha value is -3.22. The third-order valence-corrected chi connectivity index (χ3v) is 3.61. The van der Waals surface area contributed by atoms with E-state index in [1.165, 1.54) is 33.3 Å². The largest absolute Gasteiger partial charge is 0.508 e. The third-order valence-electron chi connectivity index (χ3n) is 3.61. The van der Waals surface area contributed by atoms with E-state index in [4.69, 9.17) is 14.2 Å². The number of phenols is 1. The van der Waals surface area contributed by atoms with Gasteiger partial charge in [0.2, 0.25) is 0 Å². The molecule has 0 unspecified atom stereocenters. The van der Waals surface area contributed by atoms with Gasteiger partial charge < -0.3 is 24.6 Å². The summed E-state index contributed by atoms with van der Waals surface area (Å²) in [6.45, 7) is 1.49. The van der Waals surface area contributed by atoms with Crippen LogP contribution in [0.25, 0.3) is 0 Å². The van der Waals surface area contributed by atoms with Crippen LogP contribution in [-0.4, -0.2) is 37.3 Å². The fraction of sp³-hybridized carbons (Fsp3) is 0.263. The minimum Gasteiger partial charge on any atom is -0.508 e. The molecule has 0 aliphatic carbocycles. The van der Waals surface area contributed by atoms with Gasteiger partial charge in [0.25, 0.3) is 5.91 Å². The van der Waals surface area contributed by atoms with E-state index in [0.29, 0.717) is 22.7 Å². The number of rotatable bonds is 7. The van der Waals surface area contributed by atoms with Crippen molar-refractivity contribution >= 4 is 17.6 Å². The molecule has 0 heterocycles. The van der Waals surface area contributed by atoms with Crippen LogP contribution in [-0.2, 0) is 20.7 Å². The lowest BCUT2D eigenvalue weighted by atomic mass is 10.1. The number of ether oxygens (including phenoxy) is 3. The molecule has 7 heteroatoms. The van der Waals surface area contributed by atoms with Gasteiger partial charge in [0, 0.05) is 11.8 Å². The first kappa shape index (κ1) is 19.1. The van der Waals surface area contributed by atoms with Gasteiger partial charge in [-0.2, -0.15) is 0 Å². The van der Waals surface area contributed by atoms with E-state index in [2.05, 4.69) is 5.32 Å². The number of hydrogen-bond donors (Lipinski definition) is 2. The van der Waals surface area contributed by atoms with Crippen molar-refractivity contribution in [3.63, 3.8) is 0 Å². The molecule has 0 aromatic heterocycles. The number of phenolic OH excluding ortho intramolecular Hbond substituents is 1. The van der Waals surface area contributed by atoms with Crippen LogP contribution in [0.4, 0.5) is 5.69 Å². The molecular formula is C19H21NO6. The molecule has 0 aliphatic rings. The van der Waals surface area contributed by atoms with Crippen molar-refractivity contribution in [2.75, 3.05) is 19.5 Å². The average Bonchev–Trinajstić information content (AvgIpc) is 2.63. The van der Waals surface area contributed by atoms with E-state index in [9.17, 15) is 14.7 Å². The SMILES string of the molecule is COc1ccc(NC(=O)[C@@H](C)OC(=O)Cc2ccc(O)cc2)cc1OC. The standard InChI is InChI=1S/C19H21NO6/c1-12(26-18(22)10-13-4-7-15(21)8-5-13)19(23)20-14-6-9-16(24-2)17(11-14)25-3/h4-9,11-12,21H,10H2,1-3H3,(H,20,23)/t12-/m1/s1. The van der Waals surface area contributed by atoms with Crippen LogP contribution in [0.1, 0.15) is 12.5 Å². The van der Waals surface area contributed by atoms with Gasteiger partial charge in [0.1, 0.15) is 5.75 Å². The molecule has 2 N–H and O–H groups in total. The van der Waals surface area contributed by atoms with Crippen molar-refractivity contribution < 1.29 is 28.9 Å². The van der Waals surface area contributed by atoms with Gasteiger partial charge >= 0.3 is 5.97 Å². The summed E-state index contributed by atoms with van der Waals surface area (Å²) in [5.41, 5.74) is 1.18. The summed E-state index contributed by atoms with van der Waals surface area (Å²) < 4.78 is 15.5. The Morgan fingerprint density at radius 3 is 2.31 bits per heavy atom. The highest BCUT2D eigenvalue weighted by molar-refractivity contribution is 5.95. The first-order chi connectivity index (χ1) is 12.4. The molecule has 2 aromatic rings. The van der Waals surface area contributed by atoms with Crippen LogP contribution >= 0.6 is 0 Å². The molecule has 0 radical (unpaired) electrons. The van der Waals surface area contributed by atoms with Gasteiger partial charge in [-0.1, -0.05) is 12.1 Å². The van der Waals surface area contributed by atoms with E-state index < -0.39 is 18.0 Å². The second-order valence-corrected chi connectivity index (χ2v) is 5.53. The number of carbonyl (C=O) groups is 2. The fourth-order valence-electron chi connectivity index (χ4n) is 2.23. The molecule has 0 aliphatic heterocycles. The van der Waals surface area contributed by atoms with E-state index in [-0.39, 0.29) is 12.2 Å². The Balaban J connectivity index is 1.92. The Labute approximate surface area is 151 Å². The summed E-state index contributed by atoms with van der Waals surface area (Å²) in [6, 6.07) is 11.1. The summed E-state index contributed by atoms with van der Waals surface area (Å²) in [7, 11) is 3.02. The Bertz CT molecular complexity index is 772. The zero-order chi connectivity index (χ0) is 19.1. The maximum atomic E-state index is 12.2. The number of nitrogens with one attached hydrogen (secondary N) is 1. The molecular weight excluding hydrogens is 338 g/mol. The van der Waals surface area contributed by atoms with Crippen LogP contribution in [0.2, 0.25) is 0 Å². The predicted octanol–water partition coefficient (Wildman–Crippen LogP) is 2.52. The first-order valence-corrected chi connectivity index (χ1v) is 7.93. The molecule has 0 saturated carbocycles. The number of benzene rings is 2. The second-order valence-electron chi connectivity index (χ2n) is 5.53. The lowest BCUT2D eigenvalue weighted by Crippen LogP contribution is -2.30. The minimum atomic E-state index is -0.965. The molecule has 0 bridgehead atoms. The first-order valence-electron chi connectivity index (χ1n) is 7.93. The highest BCUT2D eigenvalue weighted by Gasteiger charge is 2.19. The van der Waals surface area contributed by atoms with Crippen molar-refractivity contribution in [3.8, 4) is 17.2 Å². The minimum absolute atomic E-state index is 0.00819. The van der Waals surface area contributed by atoms with Crippen LogP contribution in [0.15, 0.2) is 42.5 Å². The zero-order valence-corrected chi connectivity index (χ0v) is 14.8. The molecule has 1 atom stereocenters. The maximum Gasteiger partial charge on any atom is 0.311 e. The number of anilines is 1. The Morgan fingerprint density at radius 2 is 1.69 bits per heavy atom. The van der Waals surface area contributed by atoms with Crippen molar-refractivity contribution in [1.82, 2.24) is 0 Å². The van der Waals surface area contributed by atoms with Gasteiger partial charge in [0.15, 0.2) is 17.6 Å². The molecule has 0 fully saturated rings. The topological polar surface area (TPSA) is 94.1 Å². The summed E-state index contributed by atoms with van der Waals surface area (Å²) >= 11 is 0.